The summed E-state index contributed by atoms with van der Waals surface area (Å²) in [6.45, 7) is 6.63. The summed E-state index contributed by atoms with van der Waals surface area (Å²) in [6.07, 6.45) is 4.39. The minimum Gasteiger partial charge on any atom is -0.418 e. The lowest BCUT2D eigenvalue weighted by Gasteiger charge is -2.10. The Morgan fingerprint density at radius 2 is 1.42 bits per heavy atom. The highest BCUT2D eigenvalue weighted by Gasteiger charge is 2.21. The molecule has 138 valence electrons. The third-order valence-corrected chi connectivity index (χ3v) is 4.19. The summed E-state index contributed by atoms with van der Waals surface area (Å²) >= 11 is 0. The Morgan fingerprint density at radius 3 is 1.96 bits per heavy atom. The van der Waals surface area contributed by atoms with Crippen molar-refractivity contribution in [1.82, 2.24) is 0 Å². The van der Waals surface area contributed by atoms with Gasteiger partial charge in [0.2, 0.25) is 5.69 Å². The minimum atomic E-state index is -6.00. The number of rotatable bonds is 3. The van der Waals surface area contributed by atoms with Gasteiger partial charge in [-0.25, -0.2) is 0 Å². The third-order valence-electron chi connectivity index (χ3n) is 4.19. The van der Waals surface area contributed by atoms with Crippen molar-refractivity contribution in [2.24, 2.45) is 0 Å². The Labute approximate surface area is 151 Å². The van der Waals surface area contributed by atoms with E-state index in [2.05, 4.69) is 80.1 Å². The van der Waals surface area contributed by atoms with E-state index in [4.69, 9.17) is 0 Å². The van der Waals surface area contributed by atoms with Crippen molar-refractivity contribution >= 4 is 18.0 Å². The molecule has 0 aliphatic rings. The Balaban J connectivity index is 0.000000431. The predicted molar refractivity (Wildman–Crippen MR) is 99.2 cm³/mol. The average Bonchev–Trinajstić information content (AvgIpc) is 2.59. The van der Waals surface area contributed by atoms with Crippen LogP contribution < -0.4 is 4.57 Å². The van der Waals surface area contributed by atoms with Gasteiger partial charge in [0.05, 0.1) is 0 Å². The lowest BCUT2D eigenvalue weighted by atomic mass is 10.00. The monoisotopic (exact) mass is 363 g/mol. The fourth-order valence-electron chi connectivity index (χ4n) is 3.12. The average molecular weight is 363 g/mol. The van der Waals surface area contributed by atoms with Crippen LogP contribution in [0, 0.1) is 6.92 Å². The molecule has 0 unspecified atom stereocenters. The molecule has 0 saturated heterocycles. The normalized spacial score (nSPS) is 11.2. The summed E-state index contributed by atoms with van der Waals surface area (Å²) in [5, 5.41) is 2.70. The second kappa shape index (κ2) is 8.34. The van der Waals surface area contributed by atoms with Crippen molar-refractivity contribution in [3.8, 4) is 5.69 Å². The molecule has 2 aromatic carbocycles. The molecule has 0 aliphatic heterocycles. The number of benzene rings is 2. The molecule has 0 spiro atoms. The summed E-state index contributed by atoms with van der Waals surface area (Å²) in [6, 6.07) is 17.5. The van der Waals surface area contributed by atoms with E-state index < -0.39 is 7.25 Å². The molecular formula is C20H22BF4N. The molecule has 0 amide bonds. The molecule has 26 heavy (non-hydrogen) atoms. The first kappa shape index (κ1) is 20.0. The molecule has 0 bridgehead atoms. The van der Waals surface area contributed by atoms with E-state index in [0.717, 1.165) is 12.8 Å². The number of nitrogens with zero attached hydrogens (tertiary/aromatic N) is 1. The Hall–Kier alpha value is -2.37. The minimum absolute atomic E-state index is 1.04. The molecule has 0 aliphatic carbocycles. The topological polar surface area (TPSA) is 3.88 Å². The SMILES string of the molecule is CCc1c(CC)[n+](-c2ccc(C)cc2)cc2ccccc12.F[B-](F)(F)F. The number of fused-ring (bicyclic) bond motifs is 1. The molecular weight excluding hydrogens is 341 g/mol. The molecule has 3 aromatic rings. The lowest BCUT2D eigenvalue weighted by molar-refractivity contribution is -0.603. The number of aromatic nitrogens is 1. The molecule has 3 rings (SSSR count). The first-order chi connectivity index (χ1) is 12.2. The van der Waals surface area contributed by atoms with Crippen LogP contribution in [-0.4, -0.2) is 7.25 Å². The van der Waals surface area contributed by atoms with Crippen LogP contribution in [0.25, 0.3) is 16.5 Å². The smallest absolute Gasteiger partial charge is 0.418 e. The van der Waals surface area contributed by atoms with Crippen LogP contribution >= 0.6 is 0 Å². The standard InChI is InChI=1S/C20H22N.BF4/c1-4-18-19-9-7-6-8-16(19)14-21(20(18)5-2)17-12-10-15(3)11-13-17;2-1(3,4)5/h6-14H,4-5H2,1-3H3;/q+1;-1. The summed E-state index contributed by atoms with van der Waals surface area (Å²) in [4.78, 5) is 0. The molecule has 1 aromatic heterocycles. The molecule has 0 fully saturated rings. The van der Waals surface area contributed by atoms with Gasteiger partial charge in [0, 0.05) is 29.5 Å². The second-order valence-corrected chi connectivity index (χ2v) is 6.05. The maximum Gasteiger partial charge on any atom is 0.673 e. The molecule has 1 heterocycles. The molecule has 0 saturated carbocycles. The zero-order valence-corrected chi connectivity index (χ0v) is 15.1. The molecule has 0 atom stereocenters. The Kier molecular flexibility index (Phi) is 6.40. The van der Waals surface area contributed by atoms with Crippen LogP contribution in [0.4, 0.5) is 17.3 Å². The van der Waals surface area contributed by atoms with Gasteiger partial charge in [-0.2, -0.15) is 4.57 Å². The van der Waals surface area contributed by atoms with E-state index in [-0.39, 0.29) is 0 Å². The van der Waals surface area contributed by atoms with Gasteiger partial charge in [-0.1, -0.05) is 49.7 Å². The van der Waals surface area contributed by atoms with Crippen molar-refractivity contribution in [1.29, 1.82) is 0 Å². The number of halogens is 4. The van der Waals surface area contributed by atoms with E-state index in [1.807, 2.05) is 0 Å². The largest absolute Gasteiger partial charge is 0.673 e. The fraction of sp³-hybridized carbons (Fsp3) is 0.250. The van der Waals surface area contributed by atoms with Crippen LogP contribution in [0.15, 0.2) is 54.7 Å². The summed E-state index contributed by atoms with van der Waals surface area (Å²) < 4.78 is 41.4. The first-order valence-electron chi connectivity index (χ1n) is 8.64. The highest BCUT2D eigenvalue weighted by atomic mass is 19.5. The van der Waals surface area contributed by atoms with E-state index in [1.54, 1.807) is 0 Å². The third kappa shape index (κ3) is 5.07. The summed E-state index contributed by atoms with van der Waals surface area (Å²) in [7, 11) is -6.00. The zero-order valence-electron chi connectivity index (χ0n) is 15.1. The van der Waals surface area contributed by atoms with E-state index in [0.29, 0.717) is 0 Å². The maximum absolute atomic E-state index is 9.75. The zero-order chi connectivity index (χ0) is 19.3. The Morgan fingerprint density at radius 1 is 0.846 bits per heavy atom. The van der Waals surface area contributed by atoms with Gasteiger partial charge in [-0.3, -0.25) is 0 Å². The van der Waals surface area contributed by atoms with Gasteiger partial charge >= 0.3 is 7.25 Å². The molecule has 1 nitrogen and oxygen atoms in total. The van der Waals surface area contributed by atoms with E-state index >= 15 is 0 Å². The quantitative estimate of drug-likeness (QED) is 0.312. The van der Waals surface area contributed by atoms with Crippen molar-refractivity contribution < 1.29 is 21.8 Å². The number of pyridine rings is 1. The van der Waals surface area contributed by atoms with Crippen molar-refractivity contribution in [3.05, 3.63) is 71.5 Å². The van der Waals surface area contributed by atoms with Gasteiger partial charge in [0.25, 0.3) is 0 Å². The highest BCUT2D eigenvalue weighted by molar-refractivity contribution is 6.50. The number of aryl methyl sites for hydroxylation is 2. The van der Waals surface area contributed by atoms with Gasteiger partial charge in [0.1, 0.15) is 0 Å². The number of hydrogen-bond donors (Lipinski definition) is 0. The molecule has 6 heteroatoms. The first-order valence-corrected chi connectivity index (χ1v) is 8.64. The van der Waals surface area contributed by atoms with Gasteiger partial charge in [0.15, 0.2) is 11.9 Å². The van der Waals surface area contributed by atoms with Crippen LogP contribution in [0.5, 0.6) is 0 Å². The van der Waals surface area contributed by atoms with Crippen molar-refractivity contribution in [3.63, 3.8) is 0 Å². The second-order valence-electron chi connectivity index (χ2n) is 6.05. The number of hydrogen-bond acceptors (Lipinski definition) is 0. The van der Waals surface area contributed by atoms with Crippen LogP contribution in [0.1, 0.15) is 30.7 Å². The van der Waals surface area contributed by atoms with E-state index in [1.165, 1.54) is 33.3 Å². The summed E-state index contributed by atoms with van der Waals surface area (Å²) in [5.74, 6) is 0. The van der Waals surface area contributed by atoms with Crippen LogP contribution in [-0.2, 0) is 12.8 Å². The van der Waals surface area contributed by atoms with E-state index in [9.17, 15) is 17.3 Å². The Bertz CT molecular complexity index is 867. The van der Waals surface area contributed by atoms with Gasteiger partial charge < -0.3 is 17.3 Å². The van der Waals surface area contributed by atoms with Crippen molar-refractivity contribution in [2.45, 2.75) is 33.6 Å². The van der Waals surface area contributed by atoms with Gasteiger partial charge in [-0.15, -0.1) is 0 Å². The van der Waals surface area contributed by atoms with Crippen LogP contribution in [0.3, 0.4) is 0 Å². The van der Waals surface area contributed by atoms with Crippen LogP contribution in [0.2, 0.25) is 0 Å². The fourth-order valence-corrected chi connectivity index (χ4v) is 3.12. The summed E-state index contributed by atoms with van der Waals surface area (Å²) in [5.41, 5.74) is 5.43. The highest BCUT2D eigenvalue weighted by Crippen LogP contribution is 2.22. The van der Waals surface area contributed by atoms with Crippen molar-refractivity contribution in [2.75, 3.05) is 0 Å². The molecule has 0 radical (unpaired) electrons. The predicted octanol–water partition coefficient (Wildman–Crippen LogP) is 5.85. The molecule has 0 N–H and O–H groups in total. The lowest BCUT2D eigenvalue weighted by Crippen LogP contribution is -2.36. The van der Waals surface area contributed by atoms with Gasteiger partial charge in [-0.05, 0) is 24.8 Å². The maximum atomic E-state index is 9.75.